The Kier molecular flexibility index (Phi) is 5.48. The Balaban J connectivity index is 2.12. The van der Waals surface area contributed by atoms with Crippen molar-refractivity contribution in [3.63, 3.8) is 0 Å². The van der Waals surface area contributed by atoms with Gasteiger partial charge in [0.05, 0.1) is 5.92 Å². The Bertz CT molecular complexity index is 633. The highest BCUT2D eigenvalue weighted by molar-refractivity contribution is 6.00. The van der Waals surface area contributed by atoms with Crippen LogP contribution in [0.25, 0.3) is 0 Å². The Labute approximate surface area is 130 Å². The Morgan fingerprint density at radius 1 is 0.909 bits per heavy atom. The molecular formula is C19H20O3. The maximum Gasteiger partial charge on any atom is 0.140 e. The normalized spacial score (nSPS) is 10.5. The molecule has 2 aromatic rings. The third-order valence-corrected chi connectivity index (χ3v) is 3.62. The van der Waals surface area contributed by atoms with Crippen LogP contribution in [0.2, 0.25) is 0 Å². The smallest absolute Gasteiger partial charge is 0.140 e. The van der Waals surface area contributed by atoms with E-state index in [2.05, 4.69) is 0 Å². The van der Waals surface area contributed by atoms with Gasteiger partial charge in [-0.25, -0.2) is 0 Å². The van der Waals surface area contributed by atoms with Crippen LogP contribution in [-0.4, -0.2) is 11.6 Å². The second-order valence-corrected chi connectivity index (χ2v) is 5.36. The van der Waals surface area contributed by atoms with Crippen LogP contribution < -0.4 is 4.74 Å². The van der Waals surface area contributed by atoms with Crippen molar-refractivity contribution in [3.05, 3.63) is 65.7 Å². The van der Waals surface area contributed by atoms with Crippen molar-refractivity contribution in [1.82, 2.24) is 0 Å². The fourth-order valence-corrected chi connectivity index (χ4v) is 2.34. The molecule has 0 fully saturated rings. The predicted molar refractivity (Wildman–Crippen MR) is 85.8 cm³/mol. The lowest BCUT2D eigenvalue weighted by Gasteiger charge is -2.15. The molecule has 0 aromatic heterocycles. The van der Waals surface area contributed by atoms with E-state index in [1.54, 1.807) is 0 Å². The fraction of sp³-hybridized carbons (Fsp3) is 0.263. The number of rotatable bonds is 7. The SMILES string of the molecule is CC(=O)C(Cc1ccccc1OCc1ccccc1)C(C)=O. The average molecular weight is 296 g/mol. The predicted octanol–water partition coefficient (Wildman–Crippen LogP) is 3.60. The molecule has 0 bridgehead atoms. The summed E-state index contributed by atoms with van der Waals surface area (Å²) in [5.74, 6) is -0.0870. The molecular weight excluding hydrogens is 276 g/mol. The van der Waals surface area contributed by atoms with Gasteiger partial charge in [0.15, 0.2) is 0 Å². The Hall–Kier alpha value is -2.42. The van der Waals surface area contributed by atoms with Gasteiger partial charge < -0.3 is 4.74 Å². The van der Waals surface area contributed by atoms with Crippen molar-refractivity contribution < 1.29 is 14.3 Å². The minimum Gasteiger partial charge on any atom is -0.489 e. The second-order valence-electron chi connectivity index (χ2n) is 5.36. The summed E-state index contributed by atoms with van der Waals surface area (Å²) in [5, 5.41) is 0. The van der Waals surface area contributed by atoms with Crippen LogP contribution in [0.4, 0.5) is 0 Å². The number of ketones is 2. The molecule has 0 heterocycles. The van der Waals surface area contributed by atoms with Gasteiger partial charge in [0.1, 0.15) is 23.9 Å². The van der Waals surface area contributed by atoms with Crippen LogP contribution in [0.15, 0.2) is 54.6 Å². The maximum absolute atomic E-state index is 11.6. The minimum absolute atomic E-state index is 0.106. The van der Waals surface area contributed by atoms with E-state index in [4.69, 9.17) is 4.74 Å². The van der Waals surface area contributed by atoms with Crippen molar-refractivity contribution in [2.75, 3.05) is 0 Å². The summed E-state index contributed by atoms with van der Waals surface area (Å²) in [5.41, 5.74) is 1.96. The summed E-state index contributed by atoms with van der Waals surface area (Å²) in [6.45, 7) is 3.38. The zero-order valence-electron chi connectivity index (χ0n) is 12.9. The number of Topliss-reactive ketones (excluding diaryl/α,β-unsaturated/α-hetero) is 2. The quantitative estimate of drug-likeness (QED) is 0.733. The monoisotopic (exact) mass is 296 g/mol. The largest absolute Gasteiger partial charge is 0.489 e. The van der Waals surface area contributed by atoms with Crippen molar-refractivity contribution in [1.29, 1.82) is 0 Å². The molecule has 0 N–H and O–H groups in total. The summed E-state index contributed by atoms with van der Waals surface area (Å²) in [4.78, 5) is 23.2. The molecule has 0 radical (unpaired) electrons. The molecule has 2 rings (SSSR count). The topological polar surface area (TPSA) is 43.4 Å². The van der Waals surface area contributed by atoms with Crippen LogP contribution in [0, 0.1) is 5.92 Å². The van der Waals surface area contributed by atoms with E-state index in [-0.39, 0.29) is 11.6 Å². The molecule has 0 atom stereocenters. The molecule has 3 heteroatoms. The summed E-state index contributed by atoms with van der Waals surface area (Å²) < 4.78 is 5.86. The standard InChI is InChI=1S/C19H20O3/c1-14(20)18(15(2)21)12-17-10-6-7-11-19(17)22-13-16-8-4-3-5-9-16/h3-11,18H,12-13H2,1-2H3. The first-order valence-corrected chi connectivity index (χ1v) is 7.33. The summed E-state index contributed by atoms with van der Waals surface area (Å²) in [6.07, 6.45) is 0.385. The highest BCUT2D eigenvalue weighted by atomic mass is 16.5. The number of ether oxygens (including phenoxy) is 1. The lowest BCUT2D eigenvalue weighted by atomic mass is 9.92. The molecule has 114 valence electrons. The minimum atomic E-state index is -0.596. The van der Waals surface area contributed by atoms with Gasteiger partial charge in [0, 0.05) is 0 Å². The highest BCUT2D eigenvalue weighted by Gasteiger charge is 2.21. The third-order valence-electron chi connectivity index (χ3n) is 3.62. The first-order valence-electron chi connectivity index (χ1n) is 7.33. The van der Waals surface area contributed by atoms with Gasteiger partial charge >= 0.3 is 0 Å². The number of benzene rings is 2. The molecule has 0 unspecified atom stereocenters. The number of hydrogen-bond acceptors (Lipinski definition) is 3. The van der Waals surface area contributed by atoms with Gasteiger partial charge in [-0.3, -0.25) is 9.59 Å². The van der Waals surface area contributed by atoms with Crippen molar-refractivity contribution in [2.24, 2.45) is 5.92 Å². The third kappa shape index (κ3) is 4.29. The van der Waals surface area contributed by atoms with E-state index >= 15 is 0 Å². The maximum atomic E-state index is 11.6. The second kappa shape index (κ2) is 7.55. The Morgan fingerprint density at radius 2 is 1.50 bits per heavy atom. The van der Waals surface area contributed by atoms with Gasteiger partial charge in [-0.2, -0.15) is 0 Å². The van der Waals surface area contributed by atoms with Gasteiger partial charge in [0.2, 0.25) is 0 Å². The van der Waals surface area contributed by atoms with Crippen molar-refractivity contribution in [3.8, 4) is 5.75 Å². The molecule has 0 spiro atoms. The average Bonchev–Trinajstić information content (AvgIpc) is 2.52. The molecule has 2 aromatic carbocycles. The van der Waals surface area contributed by atoms with E-state index in [1.165, 1.54) is 13.8 Å². The van der Waals surface area contributed by atoms with Crippen LogP contribution in [0.1, 0.15) is 25.0 Å². The number of hydrogen-bond donors (Lipinski definition) is 0. The lowest BCUT2D eigenvalue weighted by Crippen LogP contribution is -2.22. The number of para-hydroxylation sites is 1. The van der Waals surface area contributed by atoms with E-state index < -0.39 is 5.92 Å². The molecule has 0 aliphatic rings. The summed E-state index contributed by atoms with van der Waals surface area (Å²) >= 11 is 0. The molecule has 0 amide bonds. The van der Waals surface area contributed by atoms with Gasteiger partial charge in [-0.1, -0.05) is 48.5 Å². The van der Waals surface area contributed by atoms with E-state index in [0.29, 0.717) is 13.0 Å². The van der Waals surface area contributed by atoms with Crippen LogP contribution in [-0.2, 0) is 22.6 Å². The van der Waals surface area contributed by atoms with Crippen molar-refractivity contribution >= 4 is 11.6 Å². The van der Waals surface area contributed by atoms with Gasteiger partial charge in [0.25, 0.3) is 0 Å². The van der Waals surface area contributed by atoms with E-state index in [0.717, 1.165) is 16.9 Å². The lowest BCUT2D eigenvalue weighted by molar-refractivity contribution is -0.130. The van der Waals surface area contributed by atoms with E-state index in [9.17, 15) is 9.59 Å². The molecule has 0 saturated carbocycles. The van der Waals surface area contributed by atoms with Gasteiger partial charge in [-0.15, -0.1) is 0 Å². The zero-order valence-corrected chi connectivity index (χ0v) is 12.9. The number of carbonyl (C=O) groups is 2. The van der Waals surface area contributed by atoms with Crippen molar-refractivity contribution in [2.45, 2.75) is 26.9 Å². The number of carbonyl (C=O) groups excluding carboxylic acids is 2. The molecule has 22 heavy (non-hydrogen) atoms. The zero-order chi connectivity index (χ0) is 15.9. The molecule has 0 saturated heterocycles. The molecule has 0 aliphatic carbocycles. The first kappa shape index (κ1) is 16.0. The first-order chi connectivity index (χ1) is 10.6. The van der Waals surface area contributed by atoms with Crippen LogP contribution in [0.5, 0.6) is 5.75 Å². The van der Waals surface area contributed by atoms with Crippen LogP contribution >= 0.6 is 0 Å². The van der Waals surface area contributed by atoms with Gasteiger partial charge in [-0.05, 0) is 37.5 Å². The fourth-order valence-electron chi connectivity index (χ4n) is 2.34. The molecule has 0 aliphatic heterocycles. The molecule has 3 nitrogen and oxygen atoms in total. The van der Waals surface area contributed by atoms with E-state index in [1.807, 2.05) is 54.6 Å². The Morgan fingerprint density at radius 3 is 2.14 bits per heavy atom. The van der Waals surface area contributed by atoms with Crippen LogP contribution in [0.3, 0.4) is 0 Å². The summed E-state index contributed by atoms with van der Waals surface area (Å²) in [7, 11) is 0. The highest BCUT2D eigenvalue weighted by Crippen LogP contribution is 2.23. The summed E-state index contributed by atoms with van der Waals surface area (Å²) in [6, 6.07) is 17.4.